The van der Waals surface area contributed by atoms with Crippen molar-refractivity contribution < 1.29 is 19.0 Å². The molecule has 0 aliphatic heterocycles. The van der Waals surface area contributed by atoms with E-state index < -0.39 is 5.91 Å². The van der Waals surface area contributed by atoms with Crippen LogP contribution in [0.1, 0.15) is 16.7 Å². The van der Waals surface area contributed by atoms with Gasteiger partial charge in [-0.15, -0.1) is 0 Å². The number of anilines is 1. The van der Waals surface area contributed by atoms with E-state index in [2.05, 4.69) is 5.32 Å². The predicted octanol–water partition coefficient (Wildman–Crippen LogP) is 7.10. The number of nitrogens with one attached hydrogen (secondary N) is 1. The SMILES string of the molecule is COc1ccc(C)cc1NC(=O)/C(C#N)=C/c1cc(Cl)c(OCc2ccc(Cl)cc2Cl)c(OC)c1. The van der Waals surface area contributed by atoms with Crippen LogP contribution in [0.15, 0.2) is 54.1 Å². The van der Waals surface area contributed by atoms with Gasteiger partial charge in [0.25, 0.3) is 5.91 Å². The van der Waals surface area contributed by atoms with Gasteiger partial charge in [0.2, 0.25) is 0 Å². The number of benzene rings is 3. The van der Waals surface area contributed by atoms with Gasteiger partial charge in [0.1, 0.15) is 24.0 Å². The number of methoxy groups -OCH3 is 2. The number of carbonyl (C=O) groups excluding carboxylic acids is 1. The van der Waals surface area contributed by atoms with Crippen molar-refractivity contribution in [3.63, 3.8) is 0 Å². The summed E-state index contributed by atoms with van der Waals surface area (Å²) < 4.78 is 16.6. The Balaban J connectivity index is 1.85. The van der Waals surface area contributed by atoms with Gasteiger partial charge in [0.15, 0.2) is 11.5 Å². The third kappa shape index (κ3) is 6.61. The zero-order valence-corrected chi connectivity index (χ0v) is 21.4. The van der Waals surface area contributed by atoms with Crippen LogP contribution in [-0.4, -0.2) is 20.1 Å². The molecule has 3 aromatic carbocycles. The maximum absolute atomic E-state index is 12.8. The molecular weight excluding hydrogens is 511 g/mol. The maximum atomic E-state index is 12.8. The number of halogens is 3. The van der Waals surface area contributed by atoms with E-state index in [9.17, 15) is 10.1 Å². The predicted molar refractivity (Wildman–Crippen MR) is 139 cm³/mol. The van der Waals surface area contributed by atoms with Crippen molar-refractivity contribution in [2.24, 2.45) is 0 Å². The number of amides is 1. The zero-order valence-electron chi connectivity index (χ0n) is 19.1. The average molecular weight is 532 g/mol. The fourth-order valence-corrected chi connectivity index (χ4v) is 3.91. The van der Waals surface area contributed by atoms with Gasteiger partial charge >= 0.3 is 0 Å². The zero-order chi connectivity index (χ0) is 25.5. The van der Waals surface area contributed by atoms with Gasteiger partial charge in [-0.2, -0.15) is 5.26 Å². The average Bonchev–Trinajstić information content (AvgIpc) is 2.82. The molecule has 35 heavy (non-hydrogen) atoms. The van der Waals surface area contributed by atoms with E-state index in [0.29, 0.717) is 44.1 Å². The minimum absolute atomic E-state index is 0.130. The van der Waals surface area contributed by atoms with E-state index in [4.69, 9.17) is 49.0 Å². The fourth-order valence-electron chi connectivity index (χ4n) is 3.18. The first-order valence-electron chi connectivity index (χ1n) is 10.3. The first kappa shape index (κ1) is 26.2. The topological polar surface area (TPSA) is 80.6 Å². The Hall–Kier alpha value is -3.37. The highest BCUT2D eigenvalue weighted by Gasteiger charge is 2.16. The molecule has 0 aromatic heterocycles. The lowest BCUT2D eigenvalue weighted by molar-refractivity contribution is -0.112. The summed E-state index contributed by atoms with van der Waals surface area (Å²) >= 11 is 18.6. The van der Waals surface area contributed by atoms with Crippen molar-refractivity contribution in [3.05, 3.63) is 85.9 Å². The molecule has 9 heteroatoms. The molecule has 0 saturated carbocycles. The van der Waals surface area contributed by atoms with Crippen molar-refractivity contribution in [3.8, 4) is 23.3 Å². The highest BCUT2D eigenvalue weighted by molar-refractivity contribution is 6.35. The molecule has 3 aromatic rings. The summed E-state index contributed by atoms with van der Waals surface area (Å²) in [5, 5.41) is 13.5. The van der Waals surface area contributed by atoms with Gasteiger partial charge in [-0.3, -0.25) is 4.79 Å². The summed E-state index contributed by atoms with van der Waals surface area (Å²) in [7, 11) is 2.96. The molecule has 0 radical (unpaired) electrons. The molecule has 0 saturated heterocycles. The monoisotopic (exact) mass is 530 g/mol. The van der Waals surface area contributed by atoms with Gasteiger partial charge < -0.3 is 19.5 Å². The highest BCUT2D eigenvalue weighted by atomic mass is 35.5. The molecule has 3 rings (SSSR count). The van der Waals surface area contributed by atoms with E-state index in [1.807, 2.05) is 19.1 Å². The first-order chi connectivity index (χ1) is 16.7. The summed E-state index contributed by atoms with van der Waals surface area (Å²) in [5.41, 5.74) is 2.45. The highest BCUT2D eigenvalue weighted by Crippen LogP contribution is 2.38. The first-order valence-corrected chi connectivity index (χ1v) is 11.4. The lowest BCUT2D eigenvalue weighted by Crippen LogP contribution is -2.14. The standard InChI is InChI=1S/C26H21Cl3N2O4/c1-15-4-7-23(33-2)22(8-15)31-26(32)18(13-30)9-16-10-21(29)25(24(11-16)34-3)35-14-17-5-6-19(27)12-20(17)28/h4-12H,14H2,1-3H3,(H,31,32)/b18-9+. The molecular formula is C26H21Cl3N2O4. The summed E-state index contributed by atoms with van der Waals surface area (Å²) in [6.07, 6.45) is 1.41. The summed E-state index contributed by atoms with van der Waals surface area (Å²) in [4.78, 5) is 12.8. The molecule has 0 unspecified atom stereocenters. The molecule has 0 aliphatic carbocycles. The Morgan fingerprint density at radius 3 is 2.40 bits per heavy atom. The van der Waals surface area contributed by atoms with Crippen molar-refractivity contribution >= 4 is 52.5 Å². The Morgan fingerprint density at radius 1 is 1.00 bits per heavy atom. The third-order valence-electron chi connectivity index (χ3n) is 4.92. The number of rotatable bonds is 8. The van der Waals surface area contributed by atoms with Crippen LogP contribution in [-0.2, 0) is 11.4 Å². The molecule has 1 amide bonds. The molecule has 0 aliphatic rings. The normalized spacial score (nSPS) is 10.9. The van der Waals surface area contributed by atoms with Gasteiger partial charge in [-0.05, 0) is 60.5 Å². The van der Waals surface area contributed by atoms with Crippen molar-refractivity contribution in [1.82, 2.24) is 0 Å². The fraction of sp³-hybridized carbons (Fsp3) is 0.154. The summed E-state index contributed by atoms with van der Waals surface area (Å²) in [6.45, 7) is 2.01. The van der Waals surface area contributed by atoms with Gasteiger partial charge in [-0.25, -0.2) is 0 Å². The van der Waals surface area contributed by atoms with Crippen LogP contribution in [0.3, 0.4) is 0 Å². The molecule has 0 fully saturated rings. The molecule has 0 spiro atoms. The maximum Gasteiger partial charge on any atom is 0.266 e. The van der Waals surface area contributed by atoms with Crippen LogP contribution in [0.5, 0.6) is 17.2 Å². The largest absolute Gasteiger partial charge is 0.495 e. The number of ether oxygens (including phenoxy) is 3. The van der Waals surface area contributed by atoms with E-state index in [1.54, 1.807) is 42.5 Å². The van der Waals surface area contributed by atoms with Crippen LogP contribution < -0.4 is 19.5 Å². The smallest absolute Gasteiger partial charge is 0.266 e. The van der Waals surface area contributed by atoms with Crippen LogP contribution in [0.2, 0.25) is 15.1 Å². The Bertz CT molecular complexity index is 1330. The minimum Gasteiger partial charge on any atom is -0.495 e. The second kappa shape index (κ2) is 11.9. The lowest BCUT2D eigenvalue weighted by Gasteiger charge is -2.14. The molecule has 1 N–H and O–H groups in total. The molecule has 6 nitrogen and oxygen atoms in total. The number of nitriles is 1. The second-order valence-corrected chi connectivity index (χ2v) is 8.64. The van der Waals surface area contributed by atoms with E-state index in [1.165, 1.54) is 20.3 Å². The second-order valence-electron chi connectivity index (χ2n) is 7.39. The van der Waals surface area contributed by atoms with Gasteiger partial charge in [0, 0.05) is 15.6 Å². The number of hydrogen-bond acceptors (Lipinski definition) is 5. The van der Waals surface area contributed by atoms with Crippen molar-refractivity contribution in [1.29, 1.82) is 5.26 Å². The van der Waals surface area contributed by atoms with Crippen molar-refractivity contribution in [2.45, 2.75) is 13.5 Å². The number of nitrogens with zero attached hydrogens (tertiary/aromatic N) is 1. The van der Waals surface area contributed by atoms with Crippen LogP contribution >= 0.6 is 34.8 Å². The number of hydrogen-bond donors (Lipinski definition) is 1. The minimum atomic E-state index is -0.593. The Kier molecular flexibility index (Phi) is 8.89. The van der Waals surface area contributed by atoms with Gasteiger partial charge in [-0.1, -0.05) is 46.9 Å². The van der Waals surface area contributed by atoms with Crippen LogP contribution in [0.25, 0.3) is 6.08 Å². The van der Waals surface area contributed by atoms with Gasteiger partial charge in [0.05, 0.1) is 24.9 Å². The summed E-state index contributed by atoms with van der Waals surface area (Å²) in [5.74, 6) is 0.508. The number of aryl methyl sites for hydroxylation is 1. The number of carbonyl (C=O) groups is 1. The summed E-state index contributed by atoms with van der Waals surface area (Å²) in [6, 6.07) is 15.5. The third-order valence-corrected chi connectivity index (χ3v) is 5.79. The molecule has 0 bridgehead atoms. The quantitative estimate of drug-likeness (QED) is 0.248. The molecule has 180 valence electrons. The Morgan fingerprint density at radius 2 is 1.74 bits per heavy atom. The van der Waals surface area contributed by atoms with E-state index >= 15 is 0 Å². The molecule has 0 heterocycles. The van der Waals surface area contributed by atoms with E-state index in [0.717, 1.165) is 5.56 Å². The van der Waals surface area contributed by atoms with E-state index in [-0.39, 0.29) is 17.2 Å². The molecule has 0 atom stereocenters. The van der Waals surface area contributed by atoms with Crippen LogP contribution in [0, 0.1) is 18.3 Å². The van der Waals surface area contributed by atoms with Crippen molar-refractivity contribution in [2.75, 3.05) is 19.5 Å². The Labute approximate surface area is 218 Å². The van der Waals surface area contributed by atoms with Crippen LogP contribution in [0.4, 0.5) is 5.69 Å². The lowest BCUT2D eigenvalue weighted by atomic mass is 10.1.